The van der Waals surface area contributed by atoms with E-state index in [4.69, 9.17) is 5.11 Å². The van der Waals surface area contributed by atoms with Gasteiger partial charge in [-0.05, 0) is 13.3 Å². The Morgan fingerprint density at radius 1 is 1.50 bits per heavy atom. The summed E-state index contributed by atoms with van der Waals surface area (Å²) < 4.78 is 12.4. The summed E-state index contributed by atoms with van der Waals surface area (Å²) in [5.74, 6) is 0. The Bertz CT molecular complexity index is 80.0. The normalized spacial score (nSPS) is 14.1. The van der Waals surface area contributed by atoms with E-state index in [-0.39, 0.29) is 6.54 Å². The summed E-state index contributed by atoms with van der Waals surface area (Å²) >= 11 is 0. The van der Waals surface area contributed by atoms with Gasteiger partial charge in [-0.15, -0.1) is 9.60 Å². The Balaban J connectivity index is 3.27. The number of hydrogen-bond donors (Lipinski definition) is 1. The lowest BCUT2D eigenvalue weighted by Gasteiger charge is -2.13. The predicted octanol–water partition coefficient (Wildman–Crippen LogP) is 1.35. The van der Waals surface area contributed by atoms with Crippen molar-refractivity contribution in [2.75, 3.05) is 13.1 Å². The van der Waals surface area contributed by atoms with Gasteiger partial charge >= 0.3 is 0 Å². The third-order valence-electron chi connectivity index (χ3n) is 1.37. The van der Waals surface area contributed by atoms with Gasteiger partial charge in [0.1, 0.15) is 0 Å². The first-order chi connectivity index (χ1) is 4.70. The molecule has 10 heavy (non-hydrogen) atoms. The van der Waals surface area contributed by atoms with Gasteiger partial charge in [0.05, 0.1) is 12.6 Å². The molecule has 0 heterocycles. The summed E-state index contributed by atoms with van der Waals surface area (Å²) in [7, 11) is 0. The third-order valence-corrected chi connectivity index (χ3v) is 1.37. The highest BCUT2D eigenvalue weighted by Gasteiger charge is 2.07. The van der Waals surface area contributed by atoms with E-state index in [0.29, 0.717) is 18.1 Å². The van der Waals surface area contributed by atoms with Gasteiger partial charge in [-0.3, -0.25) is 0 Å². The van der Waals surface area contributed by atoms with Crippen LogP contribution in [-0.4, -0.2) is 29.4 Å². The molecule has 1 atom stereocenters. The number of rotatable bonds is 5. The van der Waals surface area contributed by atoms with Crippen LogP contribution in [0.15, 0.2) is 0 Å². The predicted molar refractivity (Wildman–Crippen MR) is 39.3 cm³/mol. The maximum Gasteiger partial charge on any atom is 0.0693 e. The lowest BCUT2D eigenvalue weighted by molar-refractivity contribution is -0.0156. The minimum Gasteiger partial charge on any atom is -0.392 e. The van der Waals surface area contributed by atoms with Crippen molar-refractivity contribution in [2.45, 2.75) is 32.8 Å². The molecule has 0 aromatic rings. The zero-order valence-electron chi connectivity index (χ0n) is 6.68. The standard InChI is InChI=1S/C7H16FNO/c1-3-5-7(10)6-9(8)4-2/h7,10H,3-6H2,1-2H3. The number of aliphatic hydroxyl groups is 1. The highest BCUT2D eigenvalue weighted by atomic mass is 19.2. The van der Waals surface area contributed by atoms with Crippen LogP contribution < -0.4 is 0 Å². The molecule has 0 saturated carbocycles. The SMILES string of the molecule is CCCC(O)CN(F)CC. The Labute approximate surface area is 61.6 Å². The van der Waals surface area contributed by atoms with Crippen molar-refractivity contribution >= 4 is 0 Å². The van der Waals surface area contributed by atoms with Crippen LogP contribution in [0.2, 0.25) is 0 Å². The highest BCUT2D eigenvalue weighted by Crippen LogP contribution is 1.99. The quantitative estimate of drug-likeness (QED) is 0.596. The molecule has 2 nitrogen and oxygen atoms in total. The molecule has 1 N–H and O–H groups in total. The van der Waals surface area contributed by atoms with Crippen molar-refractivity contribution in [1.82, 2.24) is 5.12 Å². The Kier molecular flexibility index (Phi) is 5.54. The smallest absolute Gasteiger partial charge is 0.0693 e. The first kappa shape index (κ1) is 9.85. The van der Waals surface area contributed by atoms with Crippen molar-refractivity contribution in [3.63, 3.8) is 0 Å². The van der Waals surface area contributed by atoms with E-state index in [9.17, 15) is 4.48 Å². The summed E-state index contributed by atoms with van der Waals surface area (Å²) in [6, 6.07) is 0. The monoisotopic (exact) mass is 149 g/mol. The van der Waals surface area contributed by atoms with Crippen molar-refractivity contribution in [2.24, 2.45) is 0 Å². The molecule has 0 radical (unpaired) electrons. The minimum absolute atomic E-state index is 0.143. The first-order valence-corrected chi connectivity index (χ1v) is 3.79. The lowest BCUT2D eigenvalue weighted by Crippen LogP contribution is -2.25. The van der Waals surface area contributed by atoms with Crippen LogP contribution in [-0.2, 0) is 0 Å². The van der Waals surface area contributed by atoms with Gasteiger partial charge in [-0.1, -0.05) is 13.3 Å². The average molecular weight is 149 g/mol. The second-order valence-electron chi connectivity index (χ2n) is 2.40. The lowest BCUT2D eigenvalue weighted by atomic mass is 10.2. The Morgan fingerprint density at radius 3 is 2.50 bits per heavy atom. The average Bonchev–Trinajstić information content (AvgIpc) is 1.88. The largest absolute Gasteiger partial charge is 0.392 e. The summed E-state index contributed by atoms with van der Waals surface area (Å²) in [4.78, 5) is 0. The van der Waals surface area contributed by atoms with Gasteiger partial charge in [0.25, 0.3) is 0 Å². The Hall–Kier alpha value is -0.150. The van der Waals surface area contributed by atoms with Gasteiger partial charge in [0.15, 0.2) is 0 Å². The fourth-order valence-electron chi connectivity index (χ4n) is 0.782. The molecular weight excluding hydrogens is 133 g/mol. The fraction of sp³-hybridized carbons (Fsp3) is 1.00. The molecule has 0 aliphatic rings. The molecule has 0 amide bonds. The topological polar surface area (TPSA) is 23.5 Å². The van der Waals surface area contributed by atoms with E-state index < -0.39 is 6.10 Å². The first-order valence-electron chi connectivity index (χ1n) is 3.79. The van der Waals surface area contributed by atoms with Gasteiger partial charge in [0.2, 0.25) is 0 Å². The highest BCUT2D eigenvalue weighted by molar-refractivity contribution is 4.55. The van der Waals surface area contributed by atoms with Gasteiger partial charge in [-0.2, -0.15) is 0 Å². The summed E-state index contributed by atoms with van der Waals surface area (Å²) in [5.41, 5.74) is 0. The van der Waals surface area contributed by atoms with Crippen molar-refractivity contribution < 1.29 is 9.59 Å². The summed E-state index contributed by atoms with van der Waals surface area (Å²) in [6.07, 6.45) is 1.08. The van der Waals surface area contributed by atoms with Crippen LogP contribution in [0.4, 0.5) is 4.48 Å². The molecule has 0 spiro atoms. The van der Waals surface area contributed by atoms with E-state index >= 15 is 0 Å². The minimum atomic E-state index is -0.505. The van der Waals surface area contributed by atoms with Gasteiger partial charge < -0.3 is 5.11 Å². The zero-order valence-corrected chi connectivity index (χ0v) is 6.68. The van der Waals surface area contributed by atoms with E-state index in [0.717, 1.165) is 6.42 Å². The van der Waals surface area contributed by atoms with Gasteiger partial charge in [-0.25, -0.2) is 0 Å². The number of halogens is 1. The van der Waals surface area contributed by atoms with E-state index in [1.165, 1.54) is 0 Å². The Morgan fingerprint density at radius 2 is 2.10 bits per heavy atom. The molecule has 0 aromatic carbocycles. The van der Waals surface area contributed by atoms with E-state index in [1.54, 1.807) is 6.92 Å². The van der Waals surface area contributed by atoms with Crippen LogP contribution in [0.3, 0.4) is 0 Å². The van der Waals surface area contributed by atoms with Crippen molar-refractivity contribution in [3.05, 3.63) is 0 Å². The molecule has 3 heteroatoms. The van der Waals surface area contributed by atoms with Crippen LogP contribution in [0, 0.1) is 0 Å². The fourth-order valence-corrected chi connectivity index (χ4v) is 0.782. The maximum absolute atomic E-state index is 12.4. The van der Waals surface area contributed by atoms with Crippen LogP contribution >= 0.6 is 0 Å². The molecule has 0 rings (SSSR count). The summed E-state index contributed by atoms with van der Waals surface area (Å²) in [6.45, 7) is 4.18. The molecular formula is C7H16FNO. The number of hydrogen-bond acceptors (Lipinski definition) is 2. The third kappa shape index (κ3) is 4.70. The van der Waals surface area contributed by atoms with Crippen LogP contribution in [0.25, 0.3) is 0 Å². The van der Waals surface area contributed by atoms with E-state index in [1.807, 2.05) is 6.92 Å². The maximum atomic E-state index is 12.4. The van der Waals surface area contributed by atoms with Gasteiger partial charge in [0, 0.05) is 6.54 Å². The van der Waals surface area contributed by atoms with E-state index in [2.05, 4.69) is 0 Å². The molecule has 1 unspecified atom stereocenters. The second-order valence-corrected chi connectivity index (χ2v) is 2.40. The molecule has 0 saturated heterocycles. The number of nitrogens with zero attached hydrogens (tertiary/aromatic N) is 1. The number of aliphatic hydroxyl groups excluding tert-OH is 1. The molecule has 0 fully saturated rings. The molecule has 62 valence electrons. The zero-order chi connectivity index (χ0) is 7.98. The summed E-state index contributed by atoms with van der Waals surface area (Å²) in [5, 5.41) is 9.69. The van der Waals surface area contributed by atoms with Crippen LogP contribution in [0.5, 0.6) is 0 Å². The van der Waals surface area contributed by atoms with Crippen LogP contribution in [0.1, 0.15) is 26.7 Å². The molecule has 0 aromatic heterocycles. The van der Waals surface area contributed by atoms with Crippen molar-refractivity contribution in [3.8, 4) is 0 Å². The molecule has 0 aliphatic carbocycles. The number of likely N-dealkylation sites (N-methyl/N-ethyl adjacent to an activating group) is 1. The molecule has 0 bridgehead atoms. The van der Waals surface area contributed by atoms with Crippen molar-refractivity contribution in [1.29, 1.82) is 0 Å². The molecule has 0 aliphatic heterocycles. The second kappa shape index (κ2) is 5.62.